The van der Waals surface area contributed by atoms with Crippen LogP contribution in [0.3, 0.4) is 0 Å². The van der Waals surface area contributed by atoms with Gasteiger partial charge in [0, 0.05) is 0 Å². The first kappa shape index (κ1) is 15.9. The lowest BCUT2D eigenvalue weighted by Gasteiger charge is -2.16. The molecule has 0 aromatic carbocycles. The van der Waals surface area contributed by atoms with E-state index >= 15 is 0 Å². The fourth-order valence-electron chi connectivity index (χ4n) is 1.21. The fourth-order valence-corrected chi connectivity index (χ4v) is 4.42. The maximum absolute atomic E-state index is 12.1. The van der Waals surface area contributed by atoms with E-state index in [0.717, 1.165) is 11.3 Å². The van der Waals surface area contributed by atoms with Gasteiger partial charge in [0.05, 0.1) is 4.34 Å². The zero-order chi connectivity index (χ0) is 14.8. The molecule has 0 aliphatic heterocycles. The summed E-state index contributed by atoms with van der Waals surface area (Å²) in [7, 11) is -4.19. The molecule has 1 aromatic rings. The zero-order valence-corrected chi connectivity index (χ0v) is 12.0. The van der Waals surface area contributed by atoms with Gasteiger partial charge in [-0.15, -0.1) is 11.3 Å². The van der Waals surface area contributed by atoms with Crippen molar-refractivity contribution in [1.82, 2.24) is 4.31 Å². The smallest absolute Gasteiger partial charge is 0.318 e. The lowest BCUT2D eigenvalue weighted by atomic mass is 10.4. The molecule has 0 fully saturated rings. The van der Waals surface area contributed by atoms with Crippen molar-refractivity contribution in [2.45, 2.75) is 11.1 Å². The molecule has 7 nitrogen and oxygen atoms in total. The SMILES string of the molecule is Cc1cc(S(=O)(=O)N(CC(=O)O)CC(=O)O)sc1Cl. The van der Waals surface area contributed by atoms with Crippen LogP contribution in [0.25, 0.3) is 0 Å². The first-order chi connectivity index (χ1) is 8.64. The molecule has 0 spiro atoms. The molecule has 0 bridgehead atoms. The molecule has 106 valence electrons. The summed E-state index contributed by atoms with van der Waals surface area (Å²) in [4.78, 5) is 21.2. The highest BCUT2D eigenvalue weighted by Crippen LogP contribution is 2.31. The minimum atomic E-state index is -4.19. The summed E-state index contributed by atoms with van der Waals surface area (Å²) >= 11 is 6.51. The van der Waals surface area contributed by atoms with Crippen LogP contribution in [0.1, 0.15) is 5.56 Å². The predicted octanol–water partition coefficient (Wildman–Crippen LogP) is 0.870. The maximum atomic E-state index is 12.1. The van der Waals surface area contributed by atoms with Gasteiger partial charge in [-0.2, -0.15) is 4.31 Å². The largest absolute Gasteiger partial charge is 0.480 e. The topological polar surface area (TPSA) is 112 Å². The Morgan fingerprint density at radius 3 is 2.11 bits per heavy atom. The summed E-state index contributed by atoms with van der Waals surface area (Å²) < 4.78 is 24.7. The van der Waals surface area contributed by atoms with Crippen molar-refractivity contribution in [3.8, 4) is 0 Å². The quantitative estimate of drug-likeness (QED) is 0.801. The number of carbonyl (C=O) groups is 2. The summed E-state index contributed by atoms with van der Waals surface area (Å²) in [6.45, 7) is -0.261. The normalized spacial score (nSPS) is 11.7. The standard InChI is InChI=1S/C9H10ClNO6S2/c1-5-2-8(18-9(5)10)19(16,17)11(3-6(12)13)4-7(14)15/h2H,3-4H2,1H3,(H,12,13)(H,14,15). The Balaban J connectivity index is 3.18. The Bertz CT molecular complexity index is 573. The van der Waals surface area contributed by atoms with Crippen molar-refractivity contribution in [2.75, 3.05) is 13.1 Å². The molecule has 0 amide bonds. The number of aliphatic carboxylic acids is 2. The lowest BCUT2D eigenvalue weighted by Crippen LogP contribution is -2.39. The molecular formula is C9H10ClNO6S2. The van der Waals surface area contributed by atoms with Crippen LogP contribution >= 0.6 is 22.9 Å². The summed E-state index contributed by atoms with van der Waals surface area (Å²) in [5.74, 6) is -2.88. The maximum Gasteiger partial charge on any atom is 0.318 e. The van der Waals surface area contributed by atoms with Crippen LogP contribution in [0.15, 0.2) is 10.3 Å². The van der Waals surface area contributed by atoms with Gasteiger partial charge < -0.3 is 10.2 Å². The van der Waals surface area contributed by atoms with Crippen LogP contribution < -0.4 is 0 Å². The van der Waals surface area contributed by atoms with Crippen molar-refractivity contribution in [3.05, 3.63) is 16.0 Å². The van der Waals surface area contributed by atoms with Gasteiger partial charge in [0.15, 0.2) is 0 Å². The van der Waals surface area contributed by atoms with Gasteiger partial charge >= 0.3 is 11.9 Å². The molecule has 0 unspecified atom stereocenters. The molecule has 10 heteroatoms. The van der Waals surface area contributed by atoms with Gasteiger partial charge in [0.1, 0.15) is 17.3 Å². The van der Waals surface area contributed by atoms with E-state index in [2.05, 4.69) is 0 Å². The van der Waals surface area contributed by atoms with E-state index in [0.29, 0.717) is 9.87 Å². The fraction of sp³-hybridized carbons (Fsp3) is 0.333. The molecule has 0 saturated heterocycles. The molecule has 0 saturated carbocycles. The third kappa shape index (κ3) is 3.90. The molecule has 0 aliphatic carbocycles. The van der Waals surface area contributed by atoms with Crippen LogP contribution in [0.4, 0.5) is 0 Å². The number of carboxylic acid groups (broad SMARTS) is 2. The minimum absolute atomic E-state index is 0.183. The molecular weight excluding hydrogens is 318 g/mol. The number of hydrogen-bond acceptors (Lipinski definition) is 5. The number of hydrogen-bond donors (Lipinski definition) is 2. The number of carboxylic acids is 2. The summed E-state index contributed by atoms with van der Waals surface area (Å²) in [5, 5.41) is 17.3. The Morgan fingerprint density at radius 2 is 1.79 bits per heavy atom. The number of nitrogens with zero attached hydrogens (tertiary/aromatic N) is 1. The Morgan fingerprint density at radius 1 is 1.32 bits per heavy atom. The first-order valence-corrected chi connectivity index (χ1v) is 7.47. The summed E-state index contributed by atoms with van der Waals surface area (Å²) in [6.07, 6.45) is 0. The van der Waals surface area contributed by atoms with Crippen molar-refractivity contribution in [2.24, 2.45) is 0 Å². The summed E-state index contributed by atoms with van der Waals surface area (Å²) in [5.41, 5.74) is 0.524. The molecule has 1 aromatic heterocycles. The van der Waals surface area contributed by atoms with Crippen molar-refractivity contribution in [1.29, 1.82) is 0 Å². The molecule has 19 heavy (non-hydrogen) atoms. The number of thiophene rings is 1. The Labute approximate surface area is 118 Å². The molecule has 0 atom stereocenters. The second kappa shape index (κ2) is 5.87. The number of halogens is 1. The average Bonchev–Trinajstić information content (AvgIpc) is 2.57. The highest BCUT2D eigenvalue weighted by molar-refractivity contribution is 7.91. The van der Waals surface area contributed by atoms with Crippen LogP contribution in [0.5, 0.6) is 0 Å². The van der Waals surface area contributed by atoms with E-state index in [1.807, 2.05) is 0 Å². The van der Waals surface area contributed by atoms with Gasteiger partial charge in [-0.1, -0.05) is 11.6 Å². The Hall–Kier alpha value is -1.16. The third-order valence-electron chi connectivity index (χ3n) is 2.05. The van der Waals surface area contributed by atoms with Gasteiger partial charge in [0.25, 0.3) is 10.0 Å². The van der Waals surface area contributed by atoms with E-state index in [9.17, 15) is 18.0 Å². The average molecular weight is 328 g/mol. The number of sulfonamides is 1. The Kier molecular flexibility index (Phi) is 4.91. The van der Waals surface area contributed by atoms with E-state index in [-0.39, 0.29) is 8.55 Å². The van der Waals surface area contributed by atoms with Crippen LogP contribution in [-0.2, 0) is 19.6 Å². The van der Waals surface area contributed by atoms with E-state index in [4.69, 9.17) is 21.8 Å². The number of rotatable bonds is 6. The van der Waals surface area contributed by atoms with Crippen molar-refractivity contribution >= 4 is 44.9 Å². The minimum Gasteiger partial charge on any atom is -0.480 e. The monoisotopic (exact) mass is 327 g/mol. The van der Waals surface area contributed by atoms with Gasteiger partial charge in [-0.25, -0.2) is 8.42 Å². The van der Waals surface area contributed by atoms with Gasteiger partial charge in [-0.3, -0.25) is 9.59 Å². The highest BCUT2D eigenvalue weighted by atomic mass is 35.5. The summed E-state index contributed by atoms with van der Waals surface area (Å²) in [6, 6.07) is 1.28. The lowest BCUT2D eigenvalue weighted by molar-refractivity contribution is -0.139. The third-order valence-corrected chi connectivity index (χ3v) is 5.85. The van der Waals surface area contributed by atoms with E-state index in [1.165, 1.54) is 6.07 Å². The molecule has 1 heterocycles. The molecule has 0 aliphatic rings. The van der Waals surface area contributed by atoms with E-state index < -0.39 is 35.1 Å². The van der Waals surface area contributed by atoms with Gasteiger partial charge in [-0.05, 0) is 18.6 Å². The van der Waals surface area contributed by atoms with Crippen LogP contribution in [0.2, 0.25) is 4.34 Å². The van der Waals surface area contributed by atoms with Crippen LogP contribution in [0, 0.1) is 6.92 Å². The molecule has 0 radical (unpaired) electrons. The number of aryl methyl sites for hydroxylation is 1. The van der Waals surface area contributed by atoms with Gasteiger partial charge in [0.2, 0.25) is 0 Å². The van der Waals surface area contributed by atoms with E-state index in [1.54, 1.807) is 6.92 Å². The zero-order valence-electron chi connectivity index (χ0n) is 9.66. The highest BCUT2D eigenvalue weighted by Gasteiger charge is 2.30. The van der Waals surface area contributed by atoms with Crippen molar-refractivity contribution < 1.29 is 28.2 Å². The molecule has 1 rings (SSSR count). The predicted molar refractivity (Wildman–Crippen MR) is 68.1 cm³/mol. The molecule has 2 N–H and O–H groups in total. The van der Waals surface area contributed by atoms with Crippen LogP contribution in [-0.4, -0.2) is 48.0 Å². The second-order valence-corrected chi connectivity index (χ2v) is 7.40. The first-order valence-electron chi connectivity index (χ1n) is 4.84. The second-order valence-electron chi connectivity index (χ2n) is 3.58. The van der Waals surface area contributed by atoms with Crippen molar-refractivity contribution in [3.63, 3.8) is 0 Å².